The van der Waals surface area contributed by atoms with Crippen LogP contribution in [0.1, 0.15) is 56.8 Å². The fourth-order valence-electron chi connectivity index (χ4n) is 3.54. The summed E-state index contributed by atoms with van der Waals surface area (Å²) in [5.41, 5.74) is -1.24. The maximum atomic E-state index is 12.5. The molecule has 0 aliphatic carbocycles. The Labute approximate surface area is 166 Å². The van der Waals surface area contributed by atoms with Gasteiger partial charge in [0, 0.05) is 6.92 Å². The molecule has 2 rings (SSSR count). The summed E-state index contributed by atoms with van der Waals surface area (Å²) < 4.78 is 17.1. The van der Waals surface area contributed by atoms with Crippen LogP contribution in [0.15, 0.2) is 43.0 Å². The minimum Gasteiger partial charge on any atom is -0.463 e. The van der Waals surface area contributed by atoms with Crippen molar-refractivity contribution in [3.05, 3.63) is 48.6 Å². The quantitative estimate of drug-likeness (QED) is 0.541. The number of benzene rings is 1. The molecule has 1 aliphatic heterocycles. The molecule has 1 N–H and O–H groups in total. The van der Waals surface area contributed by atoms with Gasteiger partial charge in [0.2, 0.25) is 0 Å². The van der Waals surface area contributed by atoms with E-state index >= 15 is 0 Å². The number of ether oxygens (including phenoxy) is 3. The Balaban J connectivity index is 2.15. The van der Waals surface area contributed by atoms with Gasteiger partial charge >= 0.3 is 11.9 Å². The maximum Gasteiger partial charge on any atom is 0.338 e. The number of carbonyl (C=O) groups excluding carboxylic acids is 2. The lowest BCUT2D eigenvalue weighted by Crippen LogP contribution is -2.59. The van der Waals surface area contributed by atoms with Gasteiger partial charge in [-0.25, -0.2) is 4.79 Å². The van der Waals surface area contributed by atoms with Gasteiger partial charge in [-0.2, -0.15) is 0 Å². The predicted molar refractivity (Wildman–Crippen MR) is 105 cm³/mol. The highest BCUT2D eigenvalue weighted by molar-refractivity contribution is 5.89. The number of rotatable bonds is 8. The molecule has 0 unspecified atom stereocenters. The molecule has 4 atom stereocenters. The highest BCUT2D eigenvalue weighted by Gasteiger charge is 2.51. The number of esters is 2. The zero-order valence-corrected chi connectivity index (χ0v) is 16.8. The second kappa shape index (κ2) is 9.34. The average Bonchev–Trinajstić information content (AvgIpc) is 2.67. The molecule has 154 valence electrons. The summed E-state index contributed by atoms with van der Waals surface area (Å²) in [4.78, 5) is 23.6. The van der Waals surface area contributed by atoms with E-state index in [1.807, 2.05) is 13.0 Å². The van der Waals surface area contributed by atoms with E-state index in [0.29, 0.717) is 31.2 Å². The first-order valence-corrected chi connectivity index (χ1v) is 9.59. The molecule has 1 heterocycles. The number of aliphatic hydroxyl groups is 1. The van der Waals surface area contributed by atoms with Crippen molar-refractivity contribution in [1.29, 1.82) is 0 Å². The lowest BCUT2D eigenvalue weighted by molar-refractivity contribution is -0.257. The molecule has 1 aromatic rings. The molecule has 28 heavy (non-hydrogen) atoms. The van der Waals surface area contributed by atoms with Crippen LogP contribution in [0.4, 0.5) is 0 Å². The first-order chi connectivity index (χ1) is 13.2. The molecule has 6 heteroatoms. The summed E-state index contributed by atoms with van der Waals surface area (Å²) in [6.45, 7) is 8.59. The van der Waals surface area contributed by atoms with Crippen molar-refractivity contribution in [2.75, 3.05) is 6.61 Å². The van der Waals surface area contributed by atoms with Gasteiger partial charge in [0.25, 0.3) is 0 Å². The third-order valence-electron chi connectivity index (χ3n) is 5.30. The molecule has 0 aromatic heterocycles. The van der Waals surface area contributed by atoms with Crippen LogP contribution in [-0.4, -0.2) is 47.1 Å². The Kier molecular flexibility index (Phi) is 7.38. The van der Waals surface area contributed by atoms with E-state index in [4.69, 9.17) is 14.2 Å². The standard InChI is InChI=1S/C22H30O6/c1-5-6-13-22(4)19(27-20(25)17-10-8-7-9-11-17)12-14-21(3,28-22)18(24)15-26-16(2)23/h5,7-11,18-19,24H,1,6,12-15H2,2-4H3/t18-,19+,21+,22-/m1/s1. The molecule has 1 saturated heterocycles. The minimum absolute atomic E-state index is 0.141. The summed E-state index contributed by atoms with van der Waals surface area (Å²) in [5.74, 6) is -0.856. The highest BCUT2D eigenvalue weighted by Crippen LogP contribution is 2.42. The molecule has 0 amide bonds. The van der Waals surface area contributed by atoms with E-state index < -0.39 is 35.3 Å². The average molecular weight is 390 g/mol. The van der Waals surface area contributed by atoms with Gasteiger partial charge in [-0.1, -0.05) is 24.3 Å². The van der Waals surface area contributed by atoms with Gasteiger partial charge in [0.1, 0.15) is 24.4 Å². The minimum atomic E-state index is -0.981. The lowest BCUT2D eigenvalue weighted by atomic mass is 9.79. The fraction of sp³-hybridized carbons (Fsp3) is 0.545. The molecular weight excluding hydrogens is 360 g/mol. The third kappa shape index (κ3) is 5.42. The second-order valence-electron chi connectivity index (χ2n) is 7.67. The van der Waals surface area contributed by atoms with Crippen molar-refractivity contribution < 1.29 is 28.9 Å². The molecule has 0 saturated carbocycles. The Hall–Kier alpha value is -2.18. The summed E-state index contributed by atoms with van der Waals surface area (Å²) >= 11 is 0. The van der Waals surface area contributed by atoms with Gasteiger partial charge in [-0.3, -0.25) is 4.79 Å². The smallest absolute Gasteiger partial charge is 0.338 e. The third-order valence-corrected chi connectivity index (χ3v) is 5.30. The van der Waals surface area contributed by atoms with Crippen molar-refractivity contribution in [3.63, 3.8) is 0 Å². The van der Waals surface area contributed by atoms with Crippen LogP contribution < -0.4 is 0 Å². The van der Waals surface area contributed by atoms with Gasteiger partial charge in [-0.15, -0.1) is 6.58 Å². The van der Waals surface area contributed by atoms with Gasteiger partial charge in [0.05, 0.1) is 11.2 Å². The van der Waals surface area contributed by atoms with Crippen LogP contribution in [0.25, 0.3) is 0 Å². The second-order valence-corrected chi connectivity index (χ2v) is 7.67. The summed E-state index contributed by atoms with van der Waals surface area (Å²) in [7, 11) is 0. The number of hydrogen-bond acceptors (Lipinski definition) is 6. The van der Waals surface area contributed by atoms with E-state index in [0.717, 1.165) is 0 Å². The molecule has 0 spiro atoms. The van der Waals surface area contributed by atoms with Crippen LogP contribution in [0, 0.1) is 0 Å². The first-order valence-electron chi connectivity index (χ1n) is 9.59. The Morgan fingerprint density at radius 3 is 2.64 bits per heavy atom. The largest absolute Gasteiger partial charge is 0.463 e. The zero-order chi connectivity index (χ0) is 20.8. The van der Waals surface area contributed by atoms with E-state index in [1.165, 1.54) is 6.92 Å². The van der Waals surface area contributed by atoms with Crippen LogP contribution in [0.5, 0.6) is 0 Å². The number of aliphatic hydroxyl groups excluding tert-OH is 1. The summed E-state index contributed by atoms with van der Waals surface area (Å²) in [5, 5.41) is 10.6. The molecule has 1 fully saturated rings. The van der Waals surface area contributed by atoms with E-state index in [-0.39, 0.29) is 6.61 Å². The normalized spacial score (nSPS) is 28.2. The number of carbonyl (C=O) groups is 2. The van der Waals surface area contributed by atoms with Crippen molar-refractivity contribution in [3.8, 4) is 0 Å². The van der Waals surface area contributed by atoms with Gasteiger partial charge in [-0.05, 0) is 51.7 Å². The van der Waals surface area contributed by atoms with Crippen molar-refractivity contribution in [2.45, 2.75) is 69.9 Å². The maximum absolute atomic E-state index is 12.5. The van der Waals surface area contributed by atoms with Gasteiger partial charge in [0.15, 0.2) is 0 Å². The summed E-state index contributed by atoms with van der Waals surface area (Å²) in [6, 6.07) is 8.82. The van der Waals surface area contributed by atoms with Crippen LogP contribution in [0.3, 0.4) is 0 Å². The molecule has 1 aromatic carbocycles. The van der Waals surface area contributed by atoms with E-state index in [1.54, 1.807) is 37.3 Å². The monoisotopic (exact) mass is 390 g/mol. The van der Waals surface area contributed by atoms with Crippen molar-refractivity contribution >= 4 is 11.9 Å². The number of allylic oxidation sites excluding steroid dienone is 1. The van der Waals surface area contributed by atoms with Crippen molar-refractivity contribution in [2.24, 2.45) is 0 Å². The summed E-state index contributed by atoms with van der Waals surface area (Å²) in [6.07, 6.45) is 2.59. The van der Waals surface area contributed by atoms with Crippen LogP contribution in [0.2, 0.25) is 0 Å². The molecule has 0 bridgehead atoms. The Bertz CT molecular complexity index is 688. The van der Waals surface area contributed by atoms with E-state index in [9.17, 15) is 14.7 Å². The predicted octanol–water partition coefficient (Wildman–Crippen LogP) is 3.43. The molecule has 1 aliphatic rings. The first kappa shape index (κ1) is 22.1. The topological polar surface area (TPSA) is 82.1 Å². The Morgan fingerprint density at radius 1 is 1.36 bits per heavy atom. The number of hydrogen-bond donors (Lipinski definition) is 1. The Morgan fingerprint density at radius 2 is 2.04 bits per heavy atom. The molecule has 6 nitrogen and oxygen atoms in total. The lowest BCUT2D eigenvalue weighted by Gasteiger charge is -2.50. The SMILES string of the molecule is C=CCC[C@@]1(C)O[C@](C)([C@H](O)COC(C)=O)CC[C@@H]1OC(=O)c1ccccc1. The fourth-order valence-corrected chi connectivity index (χ4v) is 3.54. The van der Waals surface area contributed by atoms with Crippen molar-refractivity contribution in [1.82, 2.24) is 0 Å². The van der Waals surface area contributed by atoms with Crippen LogP contribution in [-0.2, 0) is 19.0 Å². The molecule has 0 radical (unpaired) electrons. The molecular formula is C22H30O6. The zero-order valence-electron chi connectivity index (χ0n) is 16.8. The highest BCUT2D eigenvalue weighted by atomic mass is 16.6. The van der Waals surface area contributed by atoms with E-state index in [2.05, 4.69) is 6.58 Å². The van der Waals surface area contributed by atoms with Crippen LogP contribution >= 0.6 is 0 Å². The van der Waals surface area contributed by atoms with Gasteiger partial charge < -0.3 is 19.3 Å².